The summed E-state index contributed by atoms with van der Waals surface area (Å²) in [7, 11) is 0. The Hall–Kier alpha value is -2.37. The molecule has 128 valence electrons. The fraction of sp³-hybridized carbons (Fsp3) is 0.158. The first-order valence-electron chi connectivity index (χ1n) is 7.81. The molecular weight excluding hydrogens is 358 g/mol. The van der Waals surface area contributed by atoms with Gasteiger partial charge in [0.15, 0.2) is 0 Å². The average molecular weight is 374 g/mol. The summed E-state index contributed by atoms with van der Waals surface area (Å²) in [6, 6.07) is 14.6. The Labute approximate surface area is 154 Å². The van der Waals surface area contributed by atoms with E-state index in [2.05, 4.69) is 5.32 Å². The molecule has 6 heteroatoms. The van der Waals surface area contributed by atoms with E-state index in [0.29, 0.717) is 15.6 Å². The van der Waals surface area contributed by atoms with E-state index in [1.165, 1.54) is 11.3 Å². The van der Waals surface area contributed by atoms with Gasteiger partial charge in [-0.3, -0.25) is 4.79 Å². The topological polar surface area (TPSA) is 55.4 Å². The number of rotatable bonds is 5. The van der Waals surface area contributed by atoms with Gasteiger partial charge >= 0.3 is 5.97 Å². The van der Waals surface area contributed by atoms with E-state index in [-0.39, 0.29) is 18.9 Å². The highest BCUT2D eigenvalue weighted by Crippen LogP contribution is 2.36. The molecule has 0 radical (unpaired) electrons. The Bertz CT molecular complexity index is 918. The van der Waals surface area contributed by atoms with Crippen molar-refractivity contribution in [1.82, 2.24) is 0 Å². The van der Waals surface area contributed by atoms with E-state index in [9.17, 15) is 9.59 Å². The number of hydrogen-bond donors (Lipinski definition) is 1. The molecule has 0 spiro atoms. The minimum absolute atomic E-state index is 0.195. The standard InChI is InChI=1S/C19H16ClNO3S/c1-2-24-19(23)17-14-5-3-4-6-15(14)25-18(17)21-16(22)11-12-7-9-13(20)10-8-12/h3-10H,2,11H2,1H3,(H,21,22). The van der Waals surface area contributed by atoms with Crippen LogP contribution in [0.4, 0.5) is 5.00 Å². The van der Waals surface area contributed by atoms with Gasteiger partial charge < -0.3 is 10.1 Å². The molecule has 0 atom stereocenters. The van der Waals surface area contributed by atoms with Crippen LogP contribution in [-0.2, 0) is 16.0 Å². The largest absolute Gasteiger partial charge is 0.462 e. The lowest BCUT2D eigenvalue weighted by molar-refractivity contribution is -0.115. The quantitative estimate of drug-likeness (QED) is 0.646. The second kappa shape index (κ2) is 7.68. The lowest BCUT2D eigenvalue weighted by Gasteiger charge is -2.07. The number of carbonyl (C=O) groups excluding carboxylic acids is 2. The number of amides is 1. The summed E-state index contributed by atoms with van der Waals surface area (Å²) in [4.78, 5) is 24.7. The SMILES string of the molecule is CCOC(=O)c1c(NC(=O)Cc2ccc(Cl)cc2)sc2ccccc12. The van der Waals surface area contributed by atoms with Crippen LogP contribution < -0.4 is 5.32 Å². The van der Waals surface area contributed by atoms with Crippen molar-refractivity contribution in [2.75, 3.05) is 11.9 Å². The van der Waals surface area contributed by atoms with Crippen molar-refractivity contribution in [2.45, 2.75) is 13.3 Å². The zero-order chi connectivity index (χ0) is 17.8. The van der Waals surface area contributed by atoms with E-state index < -0.39 is 5.97 Å². The molecule has 25 heavy (non-hydrogen) atoms. The molecule has 2 aromatic carbocycles. The maximum Gasteiger partial charge on any atom is 0.341 e. The van der Waals surface area contributed by atoms with Gasteiger partial charge in [-0.05, 0) is 30.7 Å². The Morgan fingerprint density at radius 1 is 1.12 bits per heavy atom. The summed E-state index contributed by atoms with van der Waals surface area (Å²) in [6.45, 7) is 2.03. The van der Waals surface area contributed by atoms with Crippen LogP contribution >= 0.6 is 22.9 Å². The lowest BCUT2D eigenvalue weighted by atomic mass is 10.1. The molecule has 0 saturated heterocycles. The fourth-order valence-corrected chi connectivity index (χ4v) is 3.73. The number of anilines is 1. The number of nitrogens with one attached hydrogen (secondary N) is 1. The predicted octanol–water partition coefficient (Wildman–Crippen LogP) is 4.91. The third-order valence-corrected chi connectivity index (χ3v) is 4.94. The second-order valence-corrected chi connectivity index (χ2v) is 6.86. The molecule has 0 aliphatic carbocycles. The summed E-state index contributed by atoms with van der Waals surface area (Å²) in [5, 5.41) is 4.77. The molecule has 0 aliphatic heterocycles. The minimum Gasteiger partial charge on any atom is -0.462 e. The molecule has 3 aromatic rings. The molecule has 0 unspecified atom stereocenters. The van der Waals surface area contributed by atoms with Crippen LogP contribution in [0.3, 0.4) is 0 Å². The molecule has 1 amide bonds. The molecule has 0 bridgehead atoms. The van der Waals surface area contributed by atoms with E-state index in [0.717, 1.165) is 15.6 Å². The normalized spacial score (nSPS) is 10.6. The number of carbonyl (C=O) groups is 2. The summed E-state index contributed by atoms with van der Waals surface area (Å²) < 4.78 is 6.07. The maximum atomic E-state index is 12.4. The van der Waals surface area contributed by atoms with Crippen molar-refractivity contribution in [3.05, 3.63) is 64.7 Å². The Morgan fingerprint density at radius 2 is 1.84 bits per heavy atom. The van der Waals surface area contributed by atoms with E-state index in [4.69, 9.17) is 16.3 Å². The average Bonchev–Trinajstić information content (AvgIpc) is 2.95. The van der Waals surface area contributed by atoms with Gasteiger partial charge in [-0.1, -0.05) is 41.9 Å². The smallest absolute Gasteiger partial charge is 0.341 e. The Balaban J connectivity index is 1.87. The highest BCUT2D eigenvalue weighted by molar-refractivity contribution is 7.23. The Kier molecular flexibility index (Phi) is 5.36. The molecule has 0 saturated carbocycles. The highest BCUT2D eigenvalue weighted by Gasteiger charge is 2.21. The number of esters is 1. The fourth-order valence-electron chi connectivity index (χ4n) is 2.50. The molecule has 0 fully saturated rings. The summed E-state index contributed by atoms with van der Waals surface area (Å²) in [6.07, 6.45) is 0.202. The zero-order valence-electron chi connectivity index (χ0n) is 13.5. The Morgan fingerprint density at radius 3 is 2.56 bits per heavy atom. The van der Waals surface area contributed by atoms with Gasteiger partial charge in [0.2, 0.25) is 5.91 Å². The van der Waals surface area contributed by atoms with Gasteiger partial charge in [0.05, 0.1) is 13.0 Å². The molecule has 4 nitrogen and oxygen atoms in total. The zero-order valence-corrected chi connectivity index (χ0v) is 15.1. The van der Waals surface area contributed by atoms with Crippen LogP contribution in [0.5, 0.6) is 0 Å². The minimum atomic E-state index is -0.429. The molecule has 3 rings (SSSR count). The predicted molar refractivity (Wildman–Crippen MR) is 102 cm³/mol. The van der Waals surface area contributed by atoms with E-state index in [1.54, 1.807) is 31.2 Å². The molecule has 1 heterocycles. The van der Waals surface area contributed by atoms with Crippen LogP contribution in [0, 0.1) is 0 Å². The van der Waals surface area contributed by atoms with Crippen LogP contribution in [0.25, 0.3) is 10.1 Å². The highest BCUT2D eigenvalue weighted by atomic mass is 35.5. The second-order valence-electron chi connectivity index (χ2n) is 5.37. The number of thiophene rings is 1. The summed E-state index contributed by atoms with van der Waals surface area (Å²) in [5.74, 6) is -0.624. The van der Waals surface area contributed by atoms with Crippen molar-refractivity contribution < 1.29 is 14.3 Å². The van der Waals surface area contributed by atoms with E-state index in [1.807, 2.05) is 24.3 Å². The van der Waals surface area contributed by atoms with Gasteiger partial charge in [0, 0.05) is 15.1 Å². The summed E-state index contributed by atoms with van der Waals surface area (Å²) >= 11 is 7.22. The number of ether oxygens (including phenoxy) is 1. The van der Waals surface area contributed by atoms with Crippen molar-refractivity contribution in [2.24, 2.45) is 0 Å². The van der Waals surface area contributed by atoms with Crippen molar-refractivity contribution in [3.63, 3.8) is 0 Å². The summed E-state index contributed by atoms with van der Waals surface area (Å²) in [5.41, 5.74) is 1.26. The van der Waals surface area contributed by atoms with Crippen molar-refractivity contribution in [1.29, 1.82) is 0 Å². The first-order chi connectivity index (χ1) is 12.1. The first-order valence-corrected chi connectivity index (χ1v) is 9.01. The molecule has 1 aromatic heterocycles. The van der Waals surface area contributed by atoms with Gasteiger partial charge in [-0.2, -0.15) is 0 Å². The number of fused-ring (bicyclic) bond motifs is 1. The number of hydrogen-bond acceptors (Lipinski definition) is 4. The van der Waals surface area contributed by atoms with Gasteiger partial charge in [0.25, 0.3) is 0 Å². The maximum absolute atomic E-state index is 12.4. The first kappa shape index (κ1) is 17.5. The molecular formula is C19H16ClNO3S. The van der Waals surface area contributed by atoms with Gasteiger partial charge in [-0.15, -0.1) is 11.3 Å². The number of halogens is 1. The van der Waals surface area contributed by atoms with Crippen molar-refractivity contribution in [3.8, 4) is 0 Å². The van der Waals surface area contributed by atoms with E-state index >= 15 is 0 Å². The monoisotopic (exact) mass is 373 g/mol. The van der Waals surface area contributed by atoms with Gasteiger partial charge in [0.1, 0.15) is 10.6 Å². The van der Waals surface area contributed by atoms with Crippen LogP contribution in [0.1, 0.15) is 22.8 Å². The van der Waals surface area contributed by atoms with Crippen molar-refractivity contribution >= 4 is 49.9 Å². The lowest BCUT2D eigenvalue weighted by Crippen LogP contribution is -2.16. The van der Waals surface area contributed by atoms with Crippen LogP contribution in [0.2, 0.25) is 5.02 Å². The third-order valence-electron chi connectivity index (χ3n) is 3.61. The third kappa shape index (κ3) is 4.00. The molecule has 0 aliphatic rings. The number of benzene rings is 2. The van der Waals surface area contributed by atoms with Crippen LogP contribution in [-0.4, -0.2) is 18.5 Å². The van der Waals surface area contributed by atoms with Crippen LogP contribution in [0.15, 0.2) is 48.5 Å². The molecule has 1 N–H and O–H groups in total. The van der Waals surface area contributed by atoms with Gasteiger partial charge in [-0.25, -0.2) is 4.79 Å².